The van der Waals surface area contributed by atoms with E-state index >= 15 is 0 Å². The third-order valence-electron chi connectivity index (χ3n) is 2.74. The molecule has 0 bridgehead atoms. The molecule has 19 heavy (non-hydrogen) atoms. The molecular weight excluding hydrogens is 368 g/mol. The fraction of sp³-hybridized carbons (Fsp3) is 0.364. The van der Waals surface area contributed by atoms with E-state index in [1.807, 2.05) is 13.8 Å². The molecule has 0 fully saturated rings. The molecule has 2 aromatic heterocycles. The molecule has 0 N–H and O–H groups in total. The van der Waals surface area contributed by atoms with Gasteiger partial charge in [-0.25, -0.2) is 13.4 Å². The van der Waals surface area contributed by atoms with Gasteiger partial charge in [0, 0.05) is 23.3 Å². The summed E-state index contributed by atoms with van der Waals surface area (Å²) in [7, 11) is -1.85. The Hall–Kier alpha value is -0.280. The monoisotopic (exact) mass is 380 g/mol. The largest absolute Gasteiger partial charge is 0.250 e. The van der Waals surface area contributed by atoms with Crippen LogP contribution in [0.4, 0.5) is 0 Å². The topological polar surface area (TPSA) is 50.3 Å². The van der Waals surface area contributed by atoms with Crippen LogP contribution in [0.3, 0.4) is 0 Å². The van der Waals surface area contributed by atoms with Crippen molar-refractivity contribution in [1.82, 2.24) is 9.29 Å². The first-order chi connectivity index (χ1) is 8.82. The van der Waals surface area contributed by atoms with Gasteiger partial charge in [-0.3, -0.25) is 0 Å². The highest BCUT2D eigenvalue weighted by Gasteiger charge is 2.25. The van der Waals surface area contributed by atoms with Crippen molar-refractivity contribution in [3.63, 3.8) is 0 Å². The van der Waals surface area contributed by atoms with Crippen LogP contribution < -0.4 is 0 Å². The molecule has 0 radical (unpaired) electrons. The average molecular weight is 381 g/mol. The average Bonchev–Trinajstić information content (AvgIpc) is 2.86. The van der Waals surface area contributed by atoms with Crippen molar-refractivity contribution < 1.29 is 8.42 Å². The van der Waals surface area contributed by atoms with E-state index in [9.17, 15) is 8.42 Å². The summed E-state index contributed by atoms with van der Waals surface area (Å²) in [6.45, 7) is 4.05. The van der Waals surface area contributed by atoms with Gasteiger partial charge < -0.3 is 0 Å². The second kappa shape index (κ2) is 5.61. The van der Waals surface area contributed by atoms with Crippen molar-refractivity contribution >= 4 is 48.6 Å². The Bertz CT molecular complexity index is 691. The summed E-state index contributed by atoms with van der Waals surface area (Å²) in [5, 5.41) is 0. The third-order valence-corrected chi connectivity index (χ3v) is 7.27. The van der Waals surface area contributed by atoms with Gasteiger partial charge in [0.2, 0.25) is 10.0 Å². The van der Waals surface area contributed by atoms with Gasteiger partial charge in [-0.15, -0.1) is 22.7 Å². The van der Waals surface area contributed by atoms with E-state index in [-0.39, 0.29) is 0 Å². The lowest BCUT2D eigenvalue weighted by Crippen LogP contribution is -2.26. The highest BCUT2D eigenvalue weighted by Crippen LogP contribution is 2.31. The molecule has 0 atom stereocenters. The van der Waals surface area contributed by atoms with Gasteiger partial charge in [0.1, 0.15) is 0 Å². The van der Waals surface area contributed by atoms with E-state index in [4.69, 9.17) is 0 Å². The molecule has 0 saturated carbocycles. The van der Waals surface area contributed by atoms with Crippen molar-refractivity contribution in [2.24, 2.45) is 0 Å². The molecule has 0 spiro atoms. The molecule has 0 aliphatic heterocycles. The van der Waals surface area contributed by atoms with Crippen molar-refractivity contribution in [2.45, 2.75) is 25.3 Å². The number of halogens is 1. The predicted octanol–water partition coefficient (Wildman–Crippen LogP) is 3.40. The lowest BCUT2D eigenvalue weighted by atomic mass is 10.4. The number of sulfonamides is 1. The molecule has 0 unspecified atom stereocenters. The lowest BCUT2D eigenvalue weighted by Gasteiger charge is -2.16. The number of aromatic nitrogens is 1. The van der Waals surface area contributed by atoms with Gasteiger partial charge >= 0.3 is 0 Å². The van der Waals surface area contributed by atoms with Gasteiger partial charge in [-0.2, -0.15) is 4.31 Å². The smallest absolute Gasteiger partial charge is 0.244 e. The Morgan fingerprint density at radius 2 is 2.11 bits per heavy atom. The maximum atomic E-state index is 12.5. The summed E-state index contributed by atoms with van der Waals surface area (Å²) >= 11 is 6.22. The van der Waals surface area contributed by atoms with E-state index in [1.165, 1.54) is 27.0 Å². The Morgan fingerprint density at radius 1 is 1.42 bits per heavy atom. The maximum Gasteiger partial charge on any atom is 0.244 e. The van der Waals surface area contributed by atoms with E-state index in [1.54, 1.807) is 18.6 Å². The molecule has 2 heterocycles. The normalized spacial score (nSPS) is 12.3. The molecular formula is C11H13BrN2O2S3. The quantitative estimate of drug-likeness (QED) is 0.816. The molecule has 104 valence electrons. The fourth-order valence-electron chi connectivity index (χ4n) is 1.62. The molecule has 2 aromatic rings. The number of hydrogen-bond acceptors (Lipinski definition) is 5. The minimum atomic E-state index is -3.45. The highest BCUT2D eigenvalue weighted by atomic mass is 79.9. The first-order valence-electron chi connectivity index (χ1n) is 5.43. The van der Waals surface area contributed by atoms with Crippen LogP contribution in [-0.2, 0) is 16.6 Å². The summed E-state index contributed by atoms with van der Waals surface area (Å²) in [4.78, 5) is 6.27. The number of aryl methyl sites for hydroxylation is 2. The Morgan fingerprint density at radius 3 is 2.58 bits per heavy atom. The van der Waals surface area contributed by atoms with Crippen molar-refractivity contribution in [1.29, 1.82) is 0 Å². The van der Waals surface area contributed by atoms with E-state index in [0.29, 0.717) is 11.4 Å². The second-order valence-electron chi connectivity index (χ2n) is 4.09. The summed E-state index contributed by atoms with van der Waals surface area (Å²) < 4.78 is 27.2. The van der Waals surface area contributed by atoms with E-state index in [2.05, 4.69) is 20.9 Å². The molecule has 0 aliphatic rings. The first kappa shape index (κ1) is 15.1. The second-order valence-corrected chi connectivity index (χ2v) is 9.68. The molecule has 0 aliphatic carbocycles. The zero-order valence-electron chi connectivity index (χ0n) is 10.7. The minimum Gasteiger partial charge on any atom is -0.250 e. The van der Waals surface area contributed by atoms with Crippen LogP contribution in [0.15, 0.2) is 20.3 Å². The van der Waals surface area contributed by atoms with Crippen LogP contribution >= 0.6 is 38.6 Å². The summed E-state index contributed by atoms with van der Waals surface area (Å²) in [6, 6.07) is 1.66. The molecule has 4 nitrogen and oxygen atoms in total. The van der Waals surface area contributed by atoms with Crippen LogP contribution in [0.1, 0.15) is 15.4 Å². The SMILES string of the molecule is Cc1ncsc1CN(C)S(=O)(=O)c1cc(Br)sc1C. The predicted molar refractivity (Wildman–Crippen MR) is 82.3 cm³/mol. The van der Waals surface area contributed by atoms with Gasteiger partial charge in [-0.1, -0.05) is 0 Å². The Balaban J connectivity index is 2.30. The van der Waals surface area contributed by atoms with Gasteiger partial charge in [0.15, 0.2) is 0 Å². The Kier molecular flexibility index (Phi) is 4.46. The van der Waals surface area contributed by atoms with Gasteiger partial charge in [-0.05, 0) is 35.8 Å². The number of rotatable bonds is 4. The van der Waals surface area contributed by atoms with Gasteiger partial charge in [0.05, 0.1) is 19.9 Å². The minimum absolute atomic E-state index is 0.353. The van der Waals surface area contributed by atoms with Crippen molar-refractivity contribution in [2.75, 3.05) is 7.05 Å². The number of thiophene rings is 1. The van der Waals surface area contributed by atoms with Crippen LogP contribution in [0.5, 0.6) is 0 Å². The molecule has 0 aromatic carbocycles. The van der Waals surface area contributed by atoms with Gasteiger partial charge in [0.25, 0.3) is 0 Å². The number of hydrogen-bond donors (Lipinski definition) is 0. The Labute approximate surface area is 129 Å². The fourth-order valence-corrected chi connectivity index (χ4v) is 6.05. The van der Waals surface area contributed by atoms with Crippen LogP contribution in [0.25, 0.3) is 0 Å². The van der Waals surface area contributed by atoms with Crippen LogP contribution in [0, 0.1) is 13.8 Å². The maximum absolute atomic E-state index is 12.5. The highest BCUT2D eigenvalue weighted by molar-refractivity contribution is 9.11. The number of thiazole rings is 1. The summed E-state index contributed by atoms with van der Waals surface area (Å²) in [6.07, 6.45) is 0. The van der Waals surface area contributed by atoms with E-state index in [0.717, 1.165) is 19.2 Å². The molecule has 8 heteroatoms. The van der Waals surface area contributed by atoms with Crippen LogP contribution in [-0.4, -0.2) is 24.8 Å². The van der Waals surface area contributed by atoms with Crippen LogP contribution in [0.2, 0.25) is 0 Å². The zero-order chi connectivity index (χ0) is 14.2. The molecule has 0 amide bonds. The summed E-state index contributed by atoms with van der Waals surface area (Å²) in [5.74, 6) is 0. The van der Waals surface area contributed by atoms with E-state index < -0.39 is 10.0 Å². The zero-order valence-corrected chi connectivity index (χ0v) is 14.7. The standard InChI is InChI=1S/C11H13BrN2O2S3/c1-7-9(17-6-13-7)5-14(3)19(15,16)10-4-11(12)18-8(10)2/h4,6H,5H2,1-3H3. The molecule has 2 rings (SSSR count). The van der Waals surface area contributed by atoms with Crippen molar-refractivity contribution in [3.05, 3.63) is 30.8 Å². The van der Waals surface area contributed by atoms with Crippen molar-refractivity contribution in [3.8, 4) is 0 Å². The number of nitrogens with zero attached hydrogens (tertiary/aromatic N) is 2. The lowest BCUT2D eigenvalue weighted by molar-refractivity contribution is 0.468. The summed E-state index contributed by atoms with van der Waals surface area (Å²) in [5.41, 5.74) is 2.62. The first-order valence-corrected chi connectivity index (χ1v) is 9.36. The molecule has 0 saturated heterocycles. The third kappa shape index (κ3) is 3.08.